The van der Waals surface area contributed by atoms with Crippen molar-refractivity contribution >= 4 is 11.5 Å². The summed E-state index contributed by atoms with van der Waals surface area (Å²) in [4.78, 5) is 13.0. The Kier molecular flexibility index (Phi) is 7.96. The van der Waals surface area contributed by atoms with E-state index in [-0.39, 0.29) is 6.42 Å². The molecule has 1 fully saturated rings. The highest BCUT2D eigenvalue weighted by molar-refractivity contribution is 5.67. The van der Waals surface area contributed by atoms with Crippen molar-refractivity contribution < 1.29 is 14.6 Å². The summed E-state index contributed by atoms with van der Waals surface area (Å²) in [6.07, 6.45) is 12.1. The zero-order valence-corrected chi connectivity index (χ0v) is 17.2. The normalized spacial score (nSPS) is 23.2. The first-order chi connectivity index (χ1) is 13.6. The van der Waals surface area contributed by atoms with Gasteiger partial charge in [0.25, 0.3) is 0 Å². The molecular weight excluding hydrogens is 350 g/mol. The van der Waals surface area contributed by atoms with E-state index in [9.17, 15) is 4.79 Å². The largest absolute Gasteiger partial charge is 0.490 e. The van der Waals surface area contributed by atoms with Crippen LogP contribution < -0.4 is 4.74 Å². The van der Waals surface area contributed by atoms with E-state index in [1.165, 1.54) is 43.2 Å². The molecule has 1 aliphatic carbocycles. The minimum absolute atomic E-state index is 0.281. The molecule has 4 heteroatoms. The van der Waals surface area contributed by atoms with E-state index in [0.29, 0.717) is 6.10 Å². The summed E-state index contributed by atoms with van der Waals surface area (Å²) in [7, 11) is 0. The van der Waals surface area contributed by atoms with Gasteiger partial charge < -0.3 is 9.84 Å². The van der Waals surface area contributed by atoms with Crippen molar-refractivity contribution in [2.75, 3.05) is 19.6 Å². The van der Waals surface area contributed by atoms with E-state index < -0.39 is 5.97 Å². The molecule has 1 saturated carbocycles. The zero-order valence-electron chi connectivity index (χ0n) is 17.2. The first-order valence-electron chi connectivity index (χ1n) is 11.0. The van der Waals surface area contributed by atoms with E-state index in [1.54, 1.807) is 0 Å². The summed E-state index contributed by atoms with van der Waals surface area (Å²) >= 11 is 0. The Labute approximate surface area is 169 Å². The summed E-state index contributed by atoms with van der Waals surface area (Å²) in [5, 5.41) is 8.71. The van der Waals surface area contributed by atoms with Gasteiger partial charge in [0.05, 0.1) is 6.10 Å². The van der Waals surface area contributed by atoms with E-state index in [0.717, 1.165) is 50.6 Å². The van der Waals surface area contributed by atoms with Crippen molar-refractivity contribution in [2.45, 2.75) is 70.8 Å². The number of benzene rings is 1. The number of rotatable bonds is 9. The fourth-order valence-electron chi connectivity index (χ4n) is 4.39. The number of aliphatic carboxylic acids is 1. The van der Waals surface area contributed by atoms with Crippen LogP contribution in [0.4, 0.5) is 0 Å². The Balaban J connectivity index is 1.43. The number of carbonyl (C=O) groups is 1. The van der Waals surface area contributed by atoms with Crippen LogP contribution in [0.3, 0.4) is 0 Å². The van der Waals surface area contributed by atoms with E-state index in [1.807, 2.05) is 0 Å². The summed E-state index contributed by atoms with van der Waals surface area (Å²) in [5.41, 5.74) is 2.71. The Morgan fingerprint density at radius 2 is 1.89 bits per heavy atom. The SMILES string of the molecule is CC[C@H]1CC[C@@H](Oc2ccc(C3=CCN(CCCCC(=O)O)CC3)cc2)CC1. The van der Waals surface area contributed by atoms with Crippen LogP contribution in [0.1, 0.15) is 70.3 Å². The van der Waals surface area contributed by atoms with Crippen LogP contribution in [-0.2, 0) is 4.79 Å². The lowest BCUT2D eigenvalue weighted by Crippen LogP contribution is -2.29. The van der Waals surface area contributed by atoms with Gasteiger partial charge in [-0.3, -0.25) is 9.69 Å². The molecule has 0 radical (unpaired) electrons. The van der Waals surface area contributed by atoms with Crippen LogP contribution >= 0.6 is 0 Å². The molecule has 0 saturated heterocycles. The lowest BCUT2D eigenvalue weighted by molar-refractivity contribution is -0.137. The highest BCUT2D eigenvalue weighted by Gasteiger charge is 2.21. The minimum Gasteiger partial charge on any atom is -0.490 e. The molecule has 1 aromatic carbocycles. The van der Waals surface area contributed by atoms with Gasteiger partial charge in [-0.05, 0) is 80.7 Å². The molecule has 3 rings (SSSR count). The molecule has 4 nitrogen and oxygen atoms in total. The first kappa shape index (κ1) is 20.9. The third kappa shape index (κ3) is 6.37. The maximum atomic E-state index is 10.6. The van der Waals surface area contributed by atoms with Gasteiger partial charge in [-0.2, -0.15) is 0 Å². The van der Waals surface area contributed by atoms with E-state index in [2.05, 4.69) is 42.2 Å². The monoisotopic (exact) mass is 385 g/mol. The lowest BCUT2D eigenvalue weighted by atomic mass is 9.86. The van der Waals surface area contributed by atoms with Crippen molar-refractivity contribution in [3.05, 3.63) is 35.9 Å². The van der Waals surface area contributed by atoms with Crippen molar-refractivity contribution in [1.29, 1.82) is 0 Å². The second-order valence-electron chi connectivity index (χ2n) is 8.32. The highest BCUT2D eigenvalue weighted by atomic mass is 16.5. The summed E-state index contributed by atoms with van der Waals surface area (Å²) in [6, 6.07) is 8.64. The molecule has 2 aliphatic rings. The Bertz CT molecular complexity index is 644. The molecule has 0 atom stereocenters. The molecule has 0 unspecified atom stereocenters. The van der Waals surface area contributed by atoms with Gasteiger partial charge in [-0.25, -0.2) is 0 Å². The van der Waals surface area contributed by atoms with Gasteiger partial charge >= 0.3 is 5.97 Å². The quantitative estimate of drug-likeness (QED) is 0.580. The predicted molar refractivity (Wildman–Crippen MR) is 114 cm³/mol. The number of nitrogens with zero attached hydrogens (tertiary/aromatic N) is 1. The van der Waals surface area contributed by atoms with Crippen molar-refractivity contribution in [1.82, 2.24) is 4.90 Å². The maximum Gasteiger partial charge on any atom is 0.303 e. The standard InChI is InChI=1S/C24H35NO3/c1-2-19-6-10-22(11-7-19)28-23-12-8-20(9-13-23)21-14-17-25(18-15-21)16-4-3-5-24(26)27/h8-9,12-14,19,22H,2-7,10-11,15-18H2,1H3,(H,26,27)/t19-,22+. The van der Waals surface area contributed by atoms with Crippen LogP contribution in [0.25, 0.3) is 5.57 Å². The molecule has 0 aromatic heterocycles. The number of unbranched alkanes of at least 4 members (excludes halogenated alkanes) is 1. The van der Waals surface area contributed by atoms with E-state index >= 15 is 0 Å². The molecule has 154 valence electrons. The van der Waals surface area contributed by atoms with Crippen LogP contribution in [0.15, 0.2) is 30.3 Å². The van der Waals surface area contributed by atoms with Crippen LogP contribution in [0.5, 0.6) is 5.75 Å². The van der Waals surface area contributed by atoms with Crippen molar-refractivity contribution in [2.24, 2.45) is 5.92 Å². The van der Waals surface area contributed by atoms with Gasteiger partial charge in [0, 0.05) is 19.5 Å². The summed E-state index contributed by atoms with van der Waals surface area (Å²) < 4.78 is 6.21. The number of carboxylic acid groups (broad SMARTS) is 1. The van der Waals surface area contributed by atoms with Crippen molar-refractivity contribution in [3.8, 4) is 5.75 Å². The minimum atomic E-state index is -0.693. The fraction of sp³-hybridized carbons (Fsp3) is 0.625. The first-order valence-corrected chi connectivity index (χ1v) is 11.0. The van der Waals surface area contributed by atoms with Gasteiger partial charge in [-0.15, -0.1) is 0 Å². The molecule has 1 aromatic rings. The van der Waals surface area contributed by atoms with Crippen LogP contribution in [0.2, 0.25) is 0 Å². The number of hydrogen-bond donors (Lipinski definition) is 1. The topological polar surface area (TPSA) is 49.8 Å². The summed E-state index contributed by atoms with van der Waals surface area (Å²) in [5.74, 6) is 1.21. The average Bonchev–Trinajstić information content (AvgIpc) is 2.73. The van der Waals surface area contributed by atoms with Gasteiger partial charge in [0.15, 0.2) is 0 Å². The molecule has 0 amide bonds. The Morgan fingerprint density at radius 1 is 1.14 bits per heavy atom. The molecular formula is C24H35NO3. The summed E-state index contributed by atoms with van der Waals surface area (Å²) in [6.45, 7) is 5.30. The lowest BCUT2D eigenvalue weighted by Gasteiger charge is -2.28. The maximum absolute atomic E-state index is 10.6. The smallest absolute Gasteiger partial charge is 0.303 e. The van der Waals surface area contributed by atoms with Crippen molar-refractivity contribution in [3.63, 3.8) is 0 Å². The van der Waals surface area contributed by atoms with Gasteiger partial charge in [-0.1, -0.05) is 31.6 Å². The van der Waals surface area contributed by atoms with E-state index in [4.69, 9.17) is 9.84 Å². The molecule has 28 heavy (non-hydrogen) atoms. The third-order valence-corrected chi connectivity index (χ3v) is 6.31. The average molecular weight is 386 g/mol. The second kappa shape index (κ2) is 10.7. The number of carboxylic acids is 1. The number of ether oxygens (including phenoxy) is 1. The Hall–Kier alpha value is -1.81. The zero-order chi connectivity index (χ0) is 19.8. The van der Waals surface area contributed by atoms with Crippen LogP contribution in [-0.4, -0.2) is 41.7 Å². The predicted octanol–water partition coefficient (Wildman–Crippen LogP) is 5.38. The molecule has 0 bridgehead atoms. The van der Waals surface area contributed by atoms with Crippen LogP contribution in [0, 0.1) is 5.92 Å². The molecule has 1 N–H and O–H groups in total. The Morgan fingerprint density at radius 3 is 2.50 bits per heavy atom. The molecule has 0 spiro atoms. The fourth-order valence-corrected chi connectivity index (χ4v) is 4.39. The third-order valence-electron chi connectivity index (χ3n) is 6.31. The van der Waals surface area contributed by atoms with Gasteiger partial charge in [0.1, 0.15) is 5.75 Å². The van der Waals surface area contributed by atoms with Gasteiger partial charge in [0.2, 0.25) is 0 Å². The number of hydrogen-bond acceptors (Lipinski definition) is 3. The second-order valence-corrected chi connectivity index (χ2v) is 8.32. The highest BCUT2D eigenvalue weighted by Crippen LogP contribution is 2.30. The molecule has 1 aliphatic heterocycles. The molecule has 1 heterocycles.